The van der Waals surface area contributed by atoms with Gasteiger partial charge in [-0.15, -0.1) is 0 Å². The van der Waals surface area contributed by atoms with E-state index in [2.05, 4.69) is 13.2 Å². The van der Waals surface area contributed by atoms with Crippen LogP contribution in [0, 0.1) is 46.3 Å². The lowest BCUT2D eigenvalue weighted by molar-refractivity contribution is -0.165. The van der Waals surface area contributed by atoms with E-state index in [1.807, 2.05) is 26.0 Å². The second kappa shape index (κ2) is 10.9. The fraction of sp³-hybridized carbons (Fsp3) is 0.600. The van der Waals surface area contributed by atoms with Crippen LogP contribution in [0.15, 0.2) is 48.6 Å². The molecule has 0 amide bonds. The Hall–Kier alpha value is -3.82. The summed E-state index contributed by atoms with van der Waals surface area (Å²) < 4.78 is 23.2. The van der Waals surface area contributed by atoms with Gasteiger partial charge in [0.15, 0.2) is 11.6 Å². The number of ether oxygens (including phenoxy) is 4. The lowest BCUT2D eigenvalue weighted by atomic mass is 9.67. The van der Waals surface area contributed by atoms with Gasteiger partial charge in [0.1, 0.15) is 24.4 Å². The molecule has 0 spiro atoms. The van der Waals surface area contributed by atoms with Crippen molar-refractivity contribution in [1.82, 2.24) is 0 Å². The summed E-state index contributed by atoms with van der Waals surface area (Å²) in [5, 5.41) is 0. The van der Waals surface area contributed by atoms with Crippen molar-refractivity contribution in [2.75, 3.05) is 0 Å². The van der Waals surface area contributed by atoms with Gasteiger partial charge in [-0.25, -0.2) is 9.59 Å². The molecular formula is C35H40O10. The Morgan fingerprint density at radius 3 is 1.51 bits per heavy atom. The quantitative estimate of drug-likeness (QED) is 0.245. The number of carbonyl (C=O) groups excluding carboxylic acids is 6. The van der Waals surface area contributed by atoms with Gasteiger partial charge in [0.05, 0.1) is 22.7 Å². The molecule has 6 rings (SSSR count). The molecule has 10 nitrogen and oxygen atoms in total. The smallest absolute Gasteiger partial charge is 0.334 e. The first kappa shape index (κ1) is 31.2. The summed E-state index contributed by atoms with van der Waals surface area (Å²) >= 11 is 0. The van der Waals surface area contributed by atoms with Crippen LogP contribution in [0.2, 0.25) is 0 Å². The van der Waals surface area contributed by atoms with E-state index >= 15 is 0 Å². The van der Waals surface area contributed by atoms with Crippen molar-refractivity contribution in [1.29, 1.82) is 0 Å². The summed E-state index contributed by atoms with van der Waals surface area (Å²) in [6.45, 7) is 15.3. The Kier molecular flexibility index (Phi) is 7.56. The second-order valence-electron chi connectivity index (χ2n) is 14.2. The average molecular weight is 621 g/mol. The van der Waals surface area contributed by atoms with Crippen molar-refractivity contribution >= 4 is 35.4 Å². The predicted octanol–water partition coefficient (Wildman–Crippen LogP) is 3.78. The maximum absolute atomic E-state index is 13.3. The van der Waals surface area contributed by atoms with E-state index in [-0.39, 0.29) is 65.6 Å². The molecule has 6 aliphatic rings. The van der Waals surface area contributed by atoms with E-state index in [4.69, 9.17) is 18.9 Å². The van der Waals surface area contributed by atoms with Crippen LogP contribution in [-0.4, -0.2) is 59.9 Å². The van der Waals surface area contributed by atoms with Crippen LogP contribution < -0.4 is 0 Å². The zero-order valence-corrected chi connectivity index (χ0v) is 26.1. The first-order valence-electron chi connectivity index (χ1n) is 15.8. The Morgan fingerprint density at radius 2 is 1.13 bits per heavy atom. The summed E-state index contributed by atoms with van der Waals surface area (Å²) in [6, 6.07) is 0. The molecule has 0 unspecified atom stereocenters. The molecule has 4 aliphatic carbocycles. The topological polar surface area (TPSA) is 139 Å². The van der Waals surface area contributed by atoms with Crippen molar-refractivity contribution in [3.05, 3.63) is 48.6 Å². The highest BCUT2D eigenvalue weighted by atomic mass is 16.6. The Labute approximate surface area is 262 Å². The van der Waals surface area contributed by atoms with Crippen molar-refractivity contribution < 1.29 is 47.7 Å². The normalized spacial score (nSPS) is 43.1. The van der Waals surface area contributed by atoms with E-state index in [9.17, 15) is 28.8 Å². The van der Waals surface area contributed by atoms with E-state index in [0.717, 1.165) is 0 Å². The number of ketones is 2. The number of allylic oxidation sites excluding steroid dienone is 4. The number of esters is 4. The van der Waals surface area contributed by atoms with Gasteiger partial charge in [0.25, 0.3) is 0 Å². The molecule has 2 saturated heterocycles. The Bertz CT molecular complexity index is 1360. The van der Waals surface area contributed by atoms with Crippen LogP contribution in [0.5, 0.6) is 0 Å². The van der Waals surface area contributed by atoms with Crippen molar-refractivity contribution in [2.24, 2.45) is 46.3 Å². The third kappa shape index (κ3) is 4.65. The molecule has 0 aromatic carbocycles. The SMILES string of the molecule is C=C1C(=O)O[C@@H]2C[C@H](C)[C@H]3C=CC(=O)[C@]3(C)[C@H](OC(=O)CCCC(=O)O[C@H]3[C@H]4C(=C)C(=O)O[C@@H]4C[C@H](C)[C@H]4C=CC(=O)[C@@]43C)[C@@H]12. The molecule has 0 N–H and O–H groups in total. The van der Waals surface area contributed by atoms with Gasteiger partial charge in [-0.2, -0.15) is 0 Å². The molecule has 240 valence electrons. The lowest BCUT2D eigenvalue weighted by Gasteiger charge is -2.39. The molecule has 2 aliphatic heterocycles. The van der Waals surface area contributed by atoms with Crippen LogP contribution in [0.3, 0.4) is 0 Å². The monoisotopic (exact) mass is 620 g/mol. The Balaban J connectivity index is 1.15. The van der Waals surface area contributed by atoms with Gasteiger partial charge < -0.3 is 18.9 Å². The highest BCUT2D eigenvalue weighted by molar-refractivity contribution is 6.00. The molecule has 2 saturated carbocycles. The van der Waals surface area contributed by atoms with Crippen LogP contribution in [-0.2, 0) is 47.7 Å². The molecular weight excluding hydrogens is 580 g/mol. The molecule has 4 fully saturated rings. The zero-order valence-electron chi connectivity index (χ0n) is 26.1. The molecule has 0 radical (unpaired) electrons. The molecule has 12 atom stereocenters. The number of hydrogen-bond acceptors (Lipinski definition) is 10. The van der Waals surface area contributed by atoms with E-state index < -0.39 is 71.0 Å². The molecule has 10 heteroatoms. The molecule has 45 heavy (non-hydrogen) atoms. The average Bonchev–Trinajstić information content (AvgIpc) is 3.60. The molecule has 0 aromatic heterocycles. The van der Waals surface area contributed by atoms with Crippen molar-refractivity contribution in [3.63, 3.8) is 0 Å². The summed E-state index contributed by atoms with van der Waals surface area (Å²) in [6.07, 6.45) is 4.50. The maximum atomic E-state index is 13.3. The Morgan fingerprint density at radius 1 is 0.756 bits per heavy atom. The van der Waals surface area contributed by atoms with Gasteiger partial charge in [-0.05, 0) is 68.9 Å². The lowest BCUT2D eigenvalue weighted by Crippen LogP contribution is -2.49. The fourth-order valence-corrected chi connectivity index (χ4v) is 9.07. The highest BCUT2D eigenvalue weighted by Crippen LogP contribution is 2.56. The number of hydrogen-bond donors (Lipinski definition) is 0. The molecule has 0 bridgehead atoms. The van der Waals surface area contributed by atoms with E-state index in [1.165, 1.54) is 12.2 Å². The van der Waals surface area contributed by atoms with Crippen LogP contribution >= 0.6 is 0 Å². The summed E-state index contributed by atoms with van der Waals surface area (Å²) in [7, 11) is 0. The van der Waals surface area contributed by atoms with Crippen LogP contribution in [0.4, 0.5) is 0 Å². The van der Waals surface area contributed by atoms with Crippen molar-refractivity contribution in [2.45, 2.75) is 84.2 Å². The number of carbonyl (C=O) groups is 6. The minimum atomic E-state index is -1.09. The number of rotatable bonds is 6. The summed E-state index contributed by atoms with van der Waals surface area (Å²) in [5.74, 6) is -4.46. The van der Waals surface area contributed by atoms with Gasteiger partial charge in [-0.1, -0.05) is 39.2 Å². The summed E-state index contributed by atoms with van der Waals surface area (Å²) in [4.78, 5) is 77.9. The second-order valence-corrected chi connectivity index (χ2v) is 14.2. The number of fused-ring (bicyclic) bond motifs is 4. The van der Waals surface area contributed by atoms with Crippen LogP contribution in [0.1, 0.15) is 59.8 Å². The third-order valence-corrected chi connectivity index (χ3v) is 11.6. The molecule has 0 aromatic rings. The first-order chi connectivity index (χ1) is 21.2. The minimum absolute atomic E-state index is 0.00556. The van der Waals surface area contributed by atoms with Gasteiger partial charge >= 0.3 is 23.9 Å². The van der Waals surface area contributed by atoms with E-state index in [0.29, 0.717) is 12.8 Å². The highest BCUT2D eigenvalue weighted by Gasteiger charge is 2.63. The summed E-state index contributed by atoms with van der Waals surface area (Å²) in [5.41, 5.74) is -1.81. The van der Waals surface area contributed by atoms with Crippen LogP contribution in [0.25, 0.3) is 0 Å². The third-order valence-electron chi connectivity index (χ3n) is 11.6. The van der Waals surface area contributed by atoms with Gasteiger partial charge in [-0.3, -0.25) is 19.2 Å². The standard InChI is InChI=1S/C35H40O10/c1-16-14-22-28(18(3)32(40)42-22)30(34(5)20(16)10-12-24(34)36)44-26(38)8-7-9-27(39)45-31-29-19(4)33(41)43-23(29)15-17(2)21-11-13-25(37)35(21,31)6/h10-13,16-17,20-23,28-31H,3-4,7-9,14-15H2,1-2,5-6H3/t16-,17-,20+,21+,22+,23+,28-,29-,30-,31+,34+,35+/m0/s1. The maximum Gasteiger partial charge on any atom is 0.334 e. The predicted molar refractivity (Wildman–Crippen MR) is 158 cm³/mol. The largest absolute Gasteiger partial charge is 0.460 e. The van der Waals surface area contributed by atoms with E-state index in [1.54, 1.807) is 13.8 Å². The van der Waals surface area contributed by atoms with Gasteiger partial charge in [0, 0.05) is 24.0 Å². The minimum Gasteiger partial charge on any atom is -0.460 e. The van der Waals surface area contributed by atoms with Gasteiger partial charge in [0.2, 0.25) is 0 Å². The zero-order chi connectivity index (χ0) is 32.6. The molecule has 2 heterocycles. The fourth-order valence-electron chi connectivity index (χ4n) is 9.07. The first-order valence-corrected chi connectivity index (χ1v) is 15.8. The van der Waals surface area contributed by atoms with Crippen molar-refractivity contribution in [3.8, 4) is 0 Å².